The van der Waals surface area contributed by atoms with Crippen LogP contribution in [0.5, 0.6) is 0 Å². The summed E-state index contributed by atoms with van der Waals surface area (Å²) in [7, 11) is -2.79. The molecule has 0 radical (unpaired) electrons. The minimum Gasteiger partial charge on any atom is -0.372 e. The van der Waals surface area contributed by atoms with Gasteiger partial charge in [0.15, 0.2) is 0 Å². The highest BCUT2D eigenvalue weighted by atomic mass is 32.2. The molecule has 5 heteroatoms. The first-order chi connectivity index (χ1) is 10.1. The van der Waals surface area contributed by atoms with Gasteiger partial charge < -0.3 is 4.74 Å². The molecule has 0 amide bonds. The first-order valence-electron chi connectivity index (χ1n) is 8.54. The molecule has 0 saturated carbocycles. The quantitative estimate of drug-likeness (QED) is 0.334. The lowest BCUT2D eigenvalue weighted by molar-refractivity contribution is 0.426. The van der Waals surface area contributed by atoms with E-state index in [1.807, 2.05) is 11.8 Å². The van der Waals surface area contributed by atoms with E-state index in [-0.39, 0.29) is 0 Å². The number of sulfone groups is 1. The van der Waals surface area contributed by atoms with Crippen LogP contribution in [0.3, 0.4) is 0 Å². The van der Waals surface area contributed by atoms with Crippen molar-refractivity contribution in [3.8, 4) is 0 Å². The summed E-state index contributed by atoms with van der Waals surface area (Å²) in [5.74, 6) is 3.11. The third-order valence-electron chi connectivity index (χ3n) is 3.76. The largest absolute Gasteiger partial charge is 0.372 e. The van der Waals surface area contributed by atoms with Gasteiger partial charge >= 0.3 is 0 Å². The summed E-state index contributed by atoms with van der Waals surface area (Å²) < 4.78 is 28.9. The molecule has 21 heavy (non-hydrogen) atoms. The Hall–Kier alpha value is 0.260. The molecule has 0 bridgehead atoms. The molecule has 0 aliphatic carbocycles. The SMILES string of the molecule is CCCCCCCS(=O)(=O)CCCCCCSCC1CO1. The molecule has 126 valence electrons. The second kappa shape index (κ2) is 11.8. The molecule has 0 N–H and O–H groups in total. The highest BCUT2D eigenvalue weighted by molar-refractivity contribution is 7.99. The molecule has 0 aromatic heterocycles. The molecule has 1 fully saturated rings. The number of epoxide rings is 1. The average Bonchev–Trinajstić information content (AvgIpc) is 3.25. The maximum atomic E-state index is 11.9. The Balaban J connectivity index is 1.85. The molecule has 0 aromatic carbocycles. The van der Waals surface area contributed by atoms with Crippen LogP contribution >= 0.6 is 11.8 Å². The predicted molar refractivity (Wildman–Crippen MR) is 92.9 cm³/mol. The van der Waals surface area contributed by atoms with Gasteiger partial charge in [-0.1, -0.05) is 45.4 Å². The summed E-state index contributed by atoms with van der Waals surface area (Å²) >= 11 is 1.96. The summed E-state index contributed by atoms with van der Waals surface area (Å²) in [5, 5.41) is 0. The predicted octanol–water partition coefficient (Wildman–Crippen LogP) is 4.06. The average molecular weight is 337 g/mol. The zero-order valence-electron chi connectivity index (χ0n) is 13.5. The lowest BCUT2D eigenvalue weighted by Crippen LogP contribution is -2.11. The Morgan fingerprint density at radius 2 is 1.52 bits per heavy atom. The van der Waals surface area contributed by atoms with E-state index in [2.05, 4.69) is 6.92 Å². The van der Waals surface area contributed by atoms with Gasteiger partial charge in [0.2, 0.25) is 0 Å². The molecule has 1 heterocycles. The van der Waals surface area contributed by atoms with Crippen LogP contribution in [0.2, 0.25) is 0 Å². The molecule has 1 unspecified atom stereocenters. The van der Waals surface area contributed by atoms with E-state index in [1.165, 1.54) is 31.4 Å². The zero-order chi connectivity index (χ0) is 15.4. The van der Waals surface area contributed by atoms with Crippen LogP contribution in [0.25, 0.3) is 0 Å². The molecular weight excluding hydrogens is 304 g/mol. The van der Waals surface area contributed by atoms with Gasteiger partial charge in [0, 0.05) is 5.75 Å². The van der Waals surface area contributed by atoms with E-state index in [0.717, 1.165) is 44.5 Å². The van der Waals surface area contributed by atoms with Crippen LogP contribution in [-0.2, 0) is 14.6 Å². The fourth-order valence-electron chi connectivity index (χ4n) is 2.29. The van der Waals surface area contributed by atoms with Gasteiger partial charge in [0.25, 0.3) is 0 Å². The van der Waals surface area contributed by atoms with Gasteiger partial charge in [0.1, 0.15) is 9.84 Å². The molecular formula is C16H32O3S2. The summed E-state index contributed by atoms with van der Waals surface area (Å²) in [6.07, 6.45) is 10.3. The number of rotatable bonds is 15. The molecule has 0 spiro atoms. The molecule has 3 nitrogen and oxygen atoms in total. The Bertz CT molecular complexity index is 337. The first-order valence-corrected chi connectivity index (χ1v) is 11.5. The molecule has 0 aromatic rings. The smallest absolute Gasteiger partial charge is 0.150 e. The van der Waals surface area contributed by atoms with Crippen molar-refractivity contribution in [1.29, 1.82) is 0 Å². The Morgan fingerprint density at radius 1 is 0.952 bits per heavy atom. The first kappa shape index (κ1) is 19.3. The van der Waals surface area contributed by atoms with Crippen LogP contribution in [0, 0.1) is 0 Å². The lowest BCUT2D eigenvalue weighted by atomic mass is 10.2. The maximum Gasteiger partial charge on any atom is 0.150 e. The van der Waals surface area contributed by atoms with Crippen LogP contribution in [0.4, 0.5) is 0 Å². The second-order valence-corrected chi connectivity index (χ2v) is 9.46. The summed E-state index contributed by atoms with van der Waals surface area (Å²) in [5.41, 5.74) is 0. The number of hydrogen-bond donors (Lipinski definition) is 0. The topological polar surface area (TPSA) is 46.7 Å². The van der Waals surface area contributed by atoms with Gasteiger partial charge in [-0.2, -0.15) is 11.8 Å². The standard InChI is InChI=1S/C16H32O3S2/c1-2-3-4-6-9-12-21(17,18)13-10-7-5-8-11-20-15-16-14-19-16/h16H,2-15H2,1H3. The number of hydrogen-bond acceptors (Lipinski definition) is 4. The van der Waals surface area contributed by atoms with Crippen molar-refractivity contribution in [1.82, 2.24) is 0 Å². The van der Waals surface area contributed by atoms with Crippen molar-refractivity contribution in [2.75, 3.05) is 29.6 Å². The second-order valence-electron chi connectivity index (χ2n) is 6.01. The Labute approximate surface area is 135 Å². The van der Waals surface area contributed by atoms with Crippen molar-refractivity contribution >= 4 is 21.6 Å². The third-order valence-corrected chi connectivity index (χ3v) is 6.77. The monoisotopic (exact) mass is 336 g/mol. The van der Waals surface area contributed by atoms with Crippen LogP contribution in [0.1, 0.15) is 64.7 Å². The van der Waals surface area contributed by atoms with E-state index in [9.17, 15) is 8.42 Å². The zero-order valence-corrected chi connectivity index (χ0v) is 15.2. The van der Waals surface area contributed by atoms with Gasteiger partial charge in [-0.15, -0.1) is 0 Å². The van der Waals surface area contributed by atoms with Gasteiger partial charge in [0.05, 0.1) is 24.2 Å². The molecule has 1 rings (SSSR count). The summed E-state index contributed by atoms with van der Waals surface area (Å²) in [4.78, 5) is 0. The fraction of sp³-hybridized carbons (Fsp3) is 1.00. The number of ether oxygens (including phenoxy) is 1. The maximum absolute atomic E-state index is 11.9. The van der Waals surface area contributed by atoms with Gasteiger partial charge in [-0.05, 0) is 25.0 Å². The van der Waals surface area contributed by atoms with Crippen molar-refractivity contribution in [3.63, 3.8) is 0 Å². The molecule has 1 aliphatic heterocycles. The number of thioether (sulfide) groups is 1. The summed E-state index contributed by atoms with van der Waals surface area (Å²) in [6.45, 7) is 3.12. The van der Waals surface area contributed by atoms with Crippen LogP contribution in [0.15, 0.2) is 0 Å². The van der Waals surface area contributed by atoms with E-state index in [1.54, 1.807) is 0 Å². The molecule has 1 atom stereocenters. The normalized spacial score (nSPS) is 18.0. The van der Waals surface area contributed by atoms with Crippen LogP contribution in [-0.4, -0.2) is 44.1 Å². The van der Waals surface area contributed by atoms with Crippen LogP contribution < -0.4 is 0 Å². The third kappa shape index (κ3) is 12.5. The van der Waals surface area contributed by atoms with Crippen molar-refractivity contribution in [2.45, 2.75) is 70.8 Å². The minimum atomic E-state index is -2.79. The fourth-order valence-corrected chi connectivity index (χ4v) is 4.81. The van der Waals surface area contributed by atoms with Crippen molar-refractivity contribution < 1.29 is 13.2 Å². The molecule has 1 saturated heterocycles. The molecule has 1 aliphatic rings. The lowest BCUT2D eigenvalue weighted by Gasteiger charge is -2.05. The Morgan fingerprint density at radius 3 is 2.10 bits per heavy atom. The van der Waals surface area contributed by atoms with E-state index >= 15 is 0 Å². The van der Waals surface area contributed by atoms with Crippen molar-refractivity contribution in [2.24, 2.45) is 0 Å². The van der Waals surface area contributed by atoms with Gasteiger partial charge in [-0.3, -0.25) is 0 Å². The number of unbranched alkanes of at least 4 members (excludes halogenated alkanes) is 7. The Kier molecular flexibility index (Phi) is 10.8. The van der Waals surface area contributed by atoms with Gasteiger partial charge in [-0.25, -0.2) is 8.42 Å². The van der Waals surface area contributed by atoms with E-state index in [4.69, 9.17) is 4.74 Å². The summed E-state index contributed by atoms with van der Waals surface area (Å²) in [6, 6.07) is 0. The minimum absolute atomic E-state index is 0.393. The van der Waals surface area contributed by atoms with Crippen molar-refractivity contribution in [3.05, 3.63) is 0 Å². The highest BCUT2D eigenvalue weighted by Crippen LogP contribution is 2.17. The highest BCUT2D eigenvalue weighted by Gasteiger charge is 2.21. The van der Waals surface area contributed by atoms with E-state index in [0.29, 0.717) is 17.6 Å². The van der Waals surface area contributed by atoms with E-state index < -0.39 is 9.84 Å².